The van der Waals surface area contributed by atoms with Gasteiger partial charge >= 0.3 is 0 Å². The van der Waals surface area contributed by atoms with Crippen molar-refractivity contribution in [2.24, 2.45) is 5.92 Å². The summed E-state index contributed by atoms with van der Waals surface area (Å²) in [5.74, 6) is -0.772. The molecule has 5 nitrogen and oxygen atoms in total. The zero-order valence-corrected chi connectivity index (χ0v) is 12.6. The maximum absolute atomic E-state index is 12.3. The molecule has 1 aliphatic heterocycles. The van der Waals surface area contributed by atoms with Gasteiger partial charge in [-0.15, -0.1) is 0 Å². The molecule has 2 rings (SSSR count). The molecule has 1 aromatic rings. The number of hydrogen-bond donors (Lipinski definition) is 0. The third-order valence-electron chi connectivity index (χ3n) is 3.26. The van der Waals surface area contributed by atoms with Crippen molar-refractivity contribution in [1.29, 1.82) is 0 Å². The second kappa shape index (κ2) is 6.22. The molecule has 0 bridgehead atoms. The van der Waals surface area contributed by atoms with Gasteiger partial charge in [0.2, 0.25) is 11.8 Å². The summed E-state index contributed by atoms with van der Waals surface area (Å²) in [4.78, 5) is 47.6. The molecule has 1 unspecified atom stereocenters. The van der Waals surface area contributed by atoms with Gasteiger partial charge in [-0.1, -0.05) is 11.8 Å². The van der Waals surface area contributed by atoms with Crippen LogP contribution in [-0.2, 0) is 14.4 Å². The van der Waals surface area contributed by atoms with Crippen LogP contribution >= 0.6 is 11.8 Å². The van der Waals surface area contributed by atoms with Crippen LogP contribution in [0.1, 0.15) is 30.6 Å². The molecule has 1 heterocycles. The zero-order valence-electron chi connectivity index (χ0n) is 11.8. The highest BCUT2D eigenvalue weighted by atomic mass is 32.2. The van der Waals surface area contributed by atoms with Crippen LogP contribution in [0.25, 0.3) is 0 Å². The molecule has 0 N–H and O–H groups in total. The van der Waals surface area contributed by atoms with Gasteiger partial charge in [-0.05, 0) is 31.2 Å². The summed E-state index contributed by atoms with van der Waals surface area (Å²) in [5.41, 5.74) is 0.992. The van der Waals surface area contributed by atoms with Crippen molar-refractivity contribution in [2.75, 3.05) is 10.7 Å². The number of thioether (sulfide) groups is 1. The number of benzene rings is 1. The predicted octanol–water partition coefficient (Wildman–Crippen LogP) is 2.05. The molecule has 0 saturated carbocycles. The quantitative estimate of drug-likeness (QED) is 0.629. The first-order chi connectivity index (χ1) is 9.90. The van der Waals surface area contributed by atoms with Gasteiger partial charge in [0, 0.05) is 24.7 Å². The molecule has 0 aromatic heterocycles. The standard InChI is InChI=1S/C15H15NO4S/c1-9(17)11-3-5-13(6-4-11)16-14(19)7-12(15(16)20)8-21-10(2)18/h3-6,12H,7-8H2,1-2H3. The highest BCUT2D eigenvalue weighted by molar-refractivity contribution is 8.13. The molecule has 0 aliphatic carbocycles. The van der Waals surface area contributed by atoms with Gasteiger partial charge in [0.25, 0.3) is 0 Å². The minimum absolute atomic E-state index is 0.0699. The van der Waals surface area contributed by atoms with E-state index in [1.54, 1.807) is 24.3 Å². The van der Waals surface area contributed by atoms with E-state index in [1.807, 2.05) is 0 Å². The SMILES string of the molecule is CC(=O)SCC1CC(=O)N(c2ccc(C(C)=O)cc2)C1=O. The third-order valence-corrected chi connectivity index (χ3v) is 4.24. The number of carbonyl (C=O) groups excluding carboxylic acids is 4. The zero-order chi connectivity index (χ0) is 15.6. The minimum Gasteiger partial charge on any atom is -0.295 e. The van der Waals surface area contributed by atoms with Gasteiger partial charge in [-0.2, -0.15) is 0 Å². The van der Waals surface area contributed by atoms with Gasteiger partial charge in [0.1, 0.15) is 0 Å². The summed E-state index contributed by atoms with van der Waals surface area (Å²) in [6, 6.07) is 6.37. The number of nitrogens with zero attached hydrogens (tertiary/aromatic N) is 1. The molecule has 0 radical (unpaired) electrons. The van der Waals surface area contributed by atoms with Crippen molar-refractivity contribution in [3.8, 4) is 0 Å². The Morgan fingerprint density at radius 3 is 2.33 bits per heavy atom. The second-order valence-corrected chi connectivity index (χ2v) is 6.07. The van der Waals surface area contributed by atoms with Crippen molar-refractivity contribution < 1.29 is 19.2 Å². The monoisotopic (exact) mass is 305 g/mol. The number of hydrogen-bond acceptors (Lipinski definition) is 5. The van der Waals surface area contributed by atoms with Crippen LogP contribution < -0.4 is 4.90 Å². The Hall–Kier alpha value is -1.95. The van der Waals surface area contributed by atoms with Crippen LogP contribution in [0.3, 0.4) is 0 Å². The molecule has 2 amide bonds. The minimum atomic E-state index is -0.459. The lowest BCUT2D eigenvalue weighted by molar-refractivity contribution is -0.122. The summed E-state index contributed by atoms with van der Waals surface area (Å²) >= 11 is 1.05. The van der Waals surface area contributed by atoms with Crippen LogP contribution in [0.5, 0.6) is 0 Å². The van der Waals surface area contributed by atoms with Gasteiger partial charge in [0.15, 0.2) is 10.9 Å². The Morgan fingerprint density at radius 1 is 1.19 bits per heavy atom. The molecule has 1 aliphatic rings. The molecule has 0 spiro atoms. The summed E-state index contributed by atoms with van der Waals surface area (Å²) in [5, 5.41) is -0.0699. The Balaban J connectivity index is 2.16. The predicted molar refractivity (Wildman–Crippen MR) is 80.2 cm³/mol. The maximum atomic E-state index is 12.3. The molecule has 1 aromatic carbocycles. The fourth-order valence-corrected chi connectivity index (χ4v) is 2.86. The Labute approximate surface area is 126 Å². The molecule has 1 fully saturated rings. The molecule has 1 atom stereocenters. The summed E-state index contributed by atoms with van der Waals surface area (Å²) in [6.07, 6.45) is 0.119. The topological polar surface area (TPSA) is 71.5 Å². The van der Waals surface area contributed by atoms with E-state index in [1.165, 1.54) is 13.8 Å². The summed E-state index contributed by atoms with van der Waals surface area (Å²) in [7, 11) is 0. The third kappa shape index (κ3) is 3.39. The first-order valence-corrected chi connectivity index (χ1v) is 7.50. The number of carbonyl (C=O) groups is 4. The van der Waals surface area contributed by atoms with E-state index in [0.29, 0.717) is 17.0 Å². The van der Waals surface area contributed by atoms with E-state index >= 15 is 0 Å². The van der Waals surface area contributed by atoms with Crippen molar-refractivity contribution in [3.05, 3.63) is 29.8 Å². The van der Waals surface area contributed by atoms with Gasteiger partial charge < -0.3 is 0 Å². The van der Waals surface area contributed by atoms with E-state index in [0.717, 1.165) is 16.7 Å². The highest BCUT2D eigenvalue weighted by Crippen LogP contribution is 2.29. The van der Waals surface area contributed by atoms with Crippen molar-refractivity contribution >= 4 is 40.2 Å². The Morgan fingerprint density at radius 2 is 1.81 bits per heavy atom. The maximum Gasteiger partial charge on any atom is 0.238 e. The lowest BCUT2D eigenvalue weighted by Gasteiger charge is -2.15. The highest BCUT2D eigenvalue weighted by Gasteiger charge is 2.39. The van der Waals surface area contributed by atoms with Crippen LogP contribution in [0, 0.1) is 5.92 Å². The average molecular weight is 305 g/mol. The van der Waals surface area contributed by atoms with E-state index < -0.39 is 5.92 Å². The molecule has 1 saturated heterocycles. The van der Waals surface area contributed by atoms with Gasteiger partial charge in [-0.3, -0.25) is 24.1 Å². The molecule has 21 heavy (non-hydrogen) atoms. The lowest BCUT2D eigenvalue weighted by atomic mass is 10.1. The largest absolute Gasteiger partial charge is 0.295 e. The second-order valence-electron chi connectivity index (χ2n) is 4.87. The number of rotatable bonds is 4. The number of ketones is 1. The van der Waals surface area contributed by atoms with Crippen molar-refractivity contribution in [2.45, 2.75) is 20.3 Å². The van der Waals surface area contributed by atoms with Gasteiger partial charge in [-0.25, -0.2) is 0 Å². The van der Waals surface area contributed by atoms with Crippen molar-refractivity contribution in [3.63, 3.8) is 0 Å². The average Bonchev–Trinajstić information content (AvgIpc) is 2.71. The van der Waals surface area contributed by atoms with Crippen LogP contribution in [0.2, 0.25) is 0 Å². The van der Waals surface area contributed by atoms with E-state index in [-0.39, 0.29) is 29.1 Å². The number of Topliss-reactive ketones (excluding diaryl/α,β-unsaturated/α-hetero) is 1. The molecular formula is C15H15NO4S. The lowest BCUT2D eigenvalue weighted by Crippen LogP contribution is -2.30. The van der Waals surface area contributed by atoms with Crippen LogP contribution in [-0.4, -0.2) is 28.5 Å². The Kier molecular flexibility index (Phi) is 4.57. The van der Waals surface area contributed by atoms with E-state index in [9.17, 15) is 19.2 Å². The summed E-state index contributed by atoms with van der Waals surface area (Å²) in [6.45, 7) is 2.89. The van der Waals surface area contributed by atoms with E-state index in [2.05, 4.69) is 0 Å². The van der Waals surface area contributed by atoms with Crippen LogP contribution in [0.15, 0.2) is 24.3 Å². The Bertz CT molecular complexity index is 609. The molecule has 6 heteroatoms. The fraction of sp³-hybridized carbons (Fsp3) is 0.333. The molecule has 110 valence electrons. The smallest absolute Gasteiger partial charge is 0.238 e. The molecular weight excluding hydrogens is 290 g/mol. The van der Waals surface area contributed by atoms with E-state index in [4.69, 9.17) is 0 Å². The van der Waals surface area contributed by atoms with Crippen molar-refractivity contribution in [1.82, 2.24) is 0 Å². The van der Waals surface area contributed by atoms with Crippen LogP contribution in [0.4, 0.5) is 5.69 Å². The summed E-state index contributed by atoms with van der Waals surface area (Å²) < 4.78 is 0. The van der Waals surface area contributed by atoms with Gasteiger partial charge in [0.05, 0.1) is 11.6 Å². The number of imide groups is 1. The number of anilines is 1. The normalized spacial score (nSPS) is 18.2. The first kappa shape index (κ1) is 15.4. The number of amides is 2. The first-order valence-electron chi connectivity index (χ1n) is 6.51. The fourth-order valence-electron chi connectivity index (χ4n) is 2.16.